The molecule has 0 spiro atoms. The molecular weight excluding hydrogens is 783 g/mol. The number of terminal acetylenes is 3. The molecule has 1 aliphatic carbocycles. The number of rotatable bonds is 34. The highest BCUT2D eigenvalue weighted by atomic mass is 16.5. The molecule has 3 N–H and O–H groups in total. The first-order valence-corrected chi connectivity index (χ1v) is 20.7. The van der Waals surface area contributed by atoms with Gasteiger partial charge in [-0.05, 0) is 46.9 Å². The van der Waals surface area contributed by atoms with E-state index in [0.717, 1.165) is 22.3 Å². The van der Waals surface area contributed by atoms with Crippen molar-refractivity contribution in [3.63, 3.8) is 0 Å². The molecule has 2 aromatic carbocycles. The summed E-state index contributed by atoms with van der Waals surface area (Å²) in [5, 5.41) is 8.57. The van der Waals surface area contributed by atoms with Crippen LogP contribution in [0.1, 0.15) is 62.0 Å². The number of esters is 1. The zero-order valence-corrected chi connectivity index (χ0v) is 35.2. The highest BCUT2D eigenvalue weighted by Crippen LogP contribution is 2.45. The maximum absolute atomic E-state index is 14.0. The van der Waals surface area contributed by atoms with Crippen LogP contribution in [-0.4, -0.2) is 129 Å². The third-order valence-corrected chi connectivity index (χ3v) is 9.92. The van der Waals surface area contributed by atoms with Gasteiger partial charge in [0.2, 0.25) is 17.7 Å². The summed E-state index contributed by atoms with van der Waals surface area (Å²) in [4.78, 5) is 53.5. The Hall–Kier alpha value is -5.24. The Labute approximate surface area is 360 Å². The molecule has 61 heavy (non-hydrogen) atoms. The van der Waals surface area contributed by atoms with Crippen LogP contribution in [0, 0.1) is 42.4 Å². The molecule has 2 aromatic rings. The van der Waals surface area contributed by atoms with E-state index >= 15 is 0 Å². The molecule has 14 heteroatoms. The van der Waals surface area contributed by atoms with E-state index in [1.807, 2.05) is 36.4 Å². The number of carbonyl (C=O) groups is 4. The standard InChI is InChI=1S/C47H61N3O11/c1-4-24-55-30-33-58-27-21-48-43(51)15-18-47(19-16-44(52)49-22-28-59-34-31-56-25-5-2,20-17-45(53)50-23-29-60-35-32-57-26-6-3)36-46(54)61-37-42-40-13-9-7-11-38(40)39-12-8-10-14-41(39)42/h1-3,7-14,42H,15-37H2,(H,48,51)(H,49,52)(H,50,53). The number of hydrogen-bond donors (Lipinski definition) is 3. The smallest absolute Gasteiger partial charge is 0.306 e. The normalized spacial score (nSPS) is 11.7. The second-order valence-corrected chi connectivity index (χ2v) is 14.2. The van der Waals surface area contributed by atoms with E-state index in [1.54, 1.807) is 0 Å². The SMILES string of the molecule is C#CCOCCOCCNC(=O)CCC(CCC(=O)NCCOCCOCC#C)(CCC(=O)NCCOCCOCC#C)CC(=O)OCC1c2ccccc2-c2ccccc21. The molecular formula is C47H61N3O11. The molecule has 14 nitrogen and oxygen atoms in total. The number of fused-ring (bicyclic) bond motifs is 3. The molecule has 3 rings (SSSR count). The highest BCUT2D eigenvalue weighted by Gasteiger charge is 2.36. The van der Waals surface area contributed by atoms with Gasteiger partial charge < -0.3 is 49.1 Å². The molecule has 0 saturated carbocycles. The average molecular weight is 844 g/mol. The molecule has 0 atom stereocenters. The minimum Gasteiger partial charge on any atom is -0.465 e. The van der Waals surface area contributed by atoms with Crippen LogP contribution in [0.4, 0.5) is 0 Å². The third kappa shape index (κ3) is 20.3. The molecule has 0 radical (unpaired) electrons. The van der Waals surface area contributed by atoms with E-state index in [2.05, 4.69) is 45.8 Å². The Morgan fingerprint density at radius 2 is 0.885 bits per heavy atom. The van der Waals surface area contributed by atoms with Gasteiger partial charge in [0.1, 0.15) is 26.4 Å². The first-order valence-electron chi connectivity index (χ1n) is 20.7. The van der Waals surface area contributed by atoms with Crippen LogP contribution >= 0.6 is 0 Å². The fourth-order valence-electron chi connectivity index (χ4n) is 6.86. The fraction of sp³-hybridized carbons (Fsp3) is 0.532. The molecule has 0 aliphatic heterocycles. The Morgan fingerprint density at radius 1 is 0.525 bits per heavy atom. The summed E-state index contributed by atoms with van der Waals surface area (Å²) in [6.07, 6.45) is 16.2. The lowest BCUT2D eigenvalue weighted by Crippen LogP contribution is -2.35. The summed E-state index contributed by atoms with van der Waals surface area (Å²) in [6, 6.07) is 16.1. The Kier molecular flexibility index (Phi) is 25.3. The van der Waals surface area contributed by atoms with Crippen molar-refractivity contribution in [3.8, 4) is 48.2 Å². The monoisotopic (exact) mass is 843 g/mol. The van der Waals surface area contributed by atoms with E-state index in [9.17, 15) is 19.2 Å². The molecule has 0 unspecified atom stereocenters. The largest absolute Gasteiger partial charge is 0.465 e. The predicted octanol–water partition coefficient (Wildman–Crippen LogP) is 3.41. The van der Waals surface area contributed by atoms with Crippen LogP contribution < -0.4 is 16.0 Å². The second kappa shape index (κ2) is 30.7. The number of amides is 3. The summed E-state index contributed by atoms with van der Waals surface area (Å²) < 4.78 is 38.2. The van der Waals surface area contributed by atoms with Crippen molar-refractivity contribution in [2.75, 3.05) is 106 Å². The zero-order chi connectivity index (χ0) is 43.8. The van der Waals surface area contributed by atoms with E-state index < -0.39 is 11.4 Å². The maximum Gasteiger partial charge on any atom is 0.306 e. The van der Waals surface area contributed by atoms with E-state index in [0.29, 0.717) is 39.6 Å². The average Bonchev–Trinajstić information content (AvgIpc) is 3.59. The van der Waals surface area contributed by atoms with Gasteiger partial charge in [-0.1, -0.05) is 66.3 Å². The first kappa shape index (κ1) is 50.1. The van der Waals surface area contributed by atoms with Crippen LogP contribution in [0.15, 0.2) is 48.5 Å². The molecule has 330 valence electrons. The van der Waals surface area contributed by atoms with Gasteiger partial charge in [-0.2, -0.15) is 0 Å². The Morgan fingerprint density at radius 3 is 1.26 bits per heavy atom. The lowest BCUT2D eigenvalue weighted by molar-refractivity contribution is -0.148. The Balaban J connectivity index is 1.70. The fourth-order valence-corrected chi connectivity index (χ4v) is 6.86. The van der Waals surface area contributed by atoms with Crippen LogP contribution in [0.5, 0.6) is 0 Å². The summed E-state index contributed by atoms with van der Waals surface area (Å²) in [6.45, 7) is 4.23. The van der Waals surface area contributed by atoms with Gasteiger partial charge in [-0.25, -0.2) is 0 Å². The third-order valence-electron chi connectivity index (χ3n) is 9.92. The van der Waals surface area contributed by atoms with Gasteiger partial charge in [-0.15, -0.1) is 19.3 Å². The van der Waals surface area contributed by atoms with Gasteiger partial charge in [0, 0.05) is 44.8 Å². The predicted molar refractivity (Wildman–Crippen MR) is 230 cm³/mol. The first-order chi connectivity index (χ1) is 29.8. The van der Waals surface area contributed by atoms with Gasteiger partial charge >= 0.3 is 5.97 Å². The van der Waals surface area contributed by atoms with Crippen molar-refractivity contribution in [2.24, 2.45) is 5.41 Å². The van der Waals surface area contributed by atoms with Crippen molar-refractivity contribution < 1.29 is 52.3 Å². The van der Waals surface area contributed by atoms with Crippen molar-refractivity contribution in [1.29, 1.82) is 0 Å². The minimum atomic E-state index is -0.949. The summed E-state index contributed by atoms with van der Waals surface area (Å²) in [7, 11) is 0. The molecule has 1 aliphatic rings. The van der Waals surface area contributed by atoms with Crippen LogP contribution in [0.3, 0.4) is 0 Å². The van der Waals surface area contributed by atoms with Crippen LogP contribution in [0.25, 0.3) is 11.1 Å². The topological polar surface area (TPSA) is 169 Å². The minimum absolute atomic E-state index is 0.0380. The summed E-state index contributed by atoms with van der Waals surface area (Å²) in [5.41, 5.74) is 3.40. The lowest BCUT2D eigenvalue weighted by Gasteiger charge is -2.33. The van der Waals surface area contributed by atoms with Gasteiger partial charge in [0.05, 0.1) is 65.9 Å². The molecule has 0 bridgehead atoms. The molecule has 0 heterocycles. The summed E-state index contributed by atoms with van der Waals surface area (Å²) >= 11 is 0. The van der Waals surface area contributed by atoms with E-state index in [1.165, 1.54) is 0 Å². The molecule has 0 aromatic heterocycles. The van der Waals surface area contributed by atoms with Gasteiger partial charge in [0.25, 0.3) is 0 Å². The molecule has 0 saturated heterocycles. The highest BCUT2D eigenvalue weighted by molar-refractivity contribution is 5.80. The van der Waals surface area contributed by atoms with E-state index in [-0.39, 0.29) is 134 Å². The van der Waals surface area contributed by atoms with E-state index in [4.69, 9.17) is 52.4 Å². The maximum atomic E-state index is 14.0. The van der Waals surface area contributed by atoms with Crippen molar-refractivity contribution >= 4 is 23.7 Å². The number of hydrogen-bond acceptors (Lipinski definition) is 11. The van der Waals surface area contributed by atoms with Crippen molar-refractivity contribution in [1.82, 2.24) is 16.0 Å². The molecule has 0 fully saturated rings. The second-order valence-electron chi connectivity index (χ2n) is 14.2. The Bertz CT molecular complexity index is 1610. The number of nitrogens with one attached hydrogen (secondary N) is 3. The summed E-state index contributed by atoms with van der Waals surface area (Å²) in [5.74, 6) is 5.74. The van der Waals surface area contributed by atoms with Gasteiger partial charge in [0.15, 0.2) is 0 Å². The number of ether oxygens (including phenoxy) is 7. The van der Waals surface area contributed by atoms with Crippen LogP contribution in [0.2, 0.25) is 0 Å². The quantitative estimate of drug-likeness (QED) is 0.0537. The van der Waals surface area contributed by atoms with Crippen molar-refractivity contribution in [3.05, 3.63) is 59.7 Å². The lowest BCUT2D eigenvalue weighted by atomic mass is 9.72. The number of benzene rings is 2. The van der Waals surface area contributed by atoms with Crippen LogP contribution in [-0.2, 0) is 52.3 Å². The van der Waals surface area contributed by atoms with Gasteiger partial charge in [-0.3, -0.25) is 19.2 Å². The molecule has 3 amide bonds. The van der Waals surface area contributed by atoms with Crippen molar-refractivity contribution in [2.45, 2.75) is 50.9 Å². The number of carbonyl (C=O) groups excluding carboxylic acids is 4. The zero-order valence-electron chi connectivity index (χ0n) is 35.2.